The van der Waals surface area contributed by atoms with E-state index in [1.165, 1.54) is 5.56 Å². The van der Waals surface area contributed by atoms with E-state index in [0.29, 0.717) is 13.0 Å². The van der Waals surface area contributed by atoms with E-state index in [0.717, 1.165) is 45.0 Å². The molecule has 3 rings (SSSR count). The zero-order valence-electron chi connectivity index (χ0n) is 14.3. The molecule has 0 radical (unpaired) electrons. The molecule has 2 aliphatic heterocycles. The van der Waals surface area contributed by atoms with Crippen LogP contribution in [0.3, 0.4) is 0 Å². The van der Waals surface area contributed by atoms with E-state index in [4.69, 9.17) is 9.84 Å². The molecule has 2 saturated heterocycles. The number of hydrogen-bond donors (Lipinski definition) is 2. The molecule has 2 N–H and O–H groups in total. The van der Waals surface area contributed by atoms with Crippen LogP contribution < -0.4 is 5.32 Å². The number of nitrogens with one attached hydrogen (secondary N) is 1. The number of morpholine rings is 1. The second kappa shape index (κ2) is 8.42. The van der Waals surface area contributed by atoms with Crippen LogP contribution >= 0.6 is 0 Å². The number of hydrogen-bond acceptors (Lipinski definition) is 5. The Kier molecular flexibility index (Phi) is 6.01. The number of aliphatic carboxylic acids is 1. The summed E-state index contributed by atoms with van der Waals surface area (Å²) >= 11 is 0. The Hall–Kier alpha value is -1.96. The van der Waals surface area contributed by atoms with E-state index in [2.05, 4.69) is 10.2 Å². The van der Waals surface area contributed by atoms with Gasteiger partial charge >= 0.3 is 5.97 Å². The van der Waals surface area contributed by atoms with Crippen molar-refractivity contribution in [2.75, 3.05) is 44.7 Å². The Morgan fingerprint density at radius 1 is 1.16 bits per heavy atom. The van der Waals surface area contributed by atoms with Crippen LogP contribution in [0.4, 0.5) is 5.69 Å². The van der Waals surface area contributed by atoms with Crippen LogP contribution in [-0.2, 0) is 20.9 Å². The largest absolute Gasteiger partial charge is 0.480 e. The number of carbonyl (C=O) groups excluding carboxylic acids is 1. The van der Waals surface area contributed by atoms with Crippen LogP contribution in [0.2, 0.25) is 0 Å². The second-order valence-corrected chi connectivity index (χ2v) is 6.60. The maximum atomic E-state index is 12.2. The first kappa shape index (κ1) is 17.8. The van der Waals surface area contributed by atoms with Gasteiger partial charge < -0.3 is 15.2 Å². The Balaban J connectivity index is 1.49. The number of amides is 1. The number of rotatable bonds is 6. The molecule has 0 aliphatic carbocycles. The molecule has 25 heavy (non-hydrogen) atoms. The lowest BCUT2D eigenvalue weighted by atomic mass is 10.2. The van der Waals surface area contributed by atoms with Crippen molar-refractivity contribution in [3.8, 4) is 0 Å². The normalized spacial score (nSPS) is 22.0. The summed E-state index contributed by atoms with van der Waals surface area (Å²) in [6, 6.07) is 7.28. The maximum Gasteiger partial charge on any atom is 0.320 e. The number of carboxylic acid groups (broad SMARTS) is 1. The summed E-state index contributed by atoms with van der Waals surface area (Å²) in [7, 11) is 0. The first-order valence-electron chi connectivity index (χ1n) is 8.77. The van der Waals surface area contributed by atoms with Crippen molar-refractivity contribution in [3.63, 3.8) is 0 Å². The van der Waals surface area contributed by atoms with Gasteiger partial charge in [-0.3, -0.25) is 19.4 Å². The van der Waals surface area contributed by atoms with Crippen molar-refractivity contribution < 1.29 is 19.4 Å². The molecule has 136 valence electrons. The first-order chi connectivity index (χ1) is 12.1. The molecule has 0 bridgehead atoms. The lowest BCUT2D eigenvalue weighted by Gasteiger charge is -2.26. The van der Waals surface area contributed by atoms with Crippen molar-refractivity contribution >= 4 is 17.6 Å². The summed E-state index contributed by atoms with van der Waals surface area (Å²) in [5.41, 5.74) is 1.94. The van der Waals surface area contributed by atoms with Gasteiger partial charge in [-0.2, -0.15) is 0 Å². The molecule has 0 aromatic heterocycles. The van der Waals surface area contributed by atoms with Gasteiger partial charge in [-0.15, -0.1) is 0 Å². The van der Waals surface area contributed by atoms with Crippen LogP contribution in [0.15, 0.2) is 24.3 Å². The topological polar surface area (TPSA) is 82.1 Å². The van der Waals surface area contributed by atoms with Crippen LogP contribution in [0, 0.1) is 0 Å². The number of likely N-dealkylation sites (tertiary alicyclic amines) is 1. The third-order valence-corrected chi connectivity index (χ3v) is 4.74. The predicted molar refractivity (Wildman–Crippen MR) is 93.4 cm³/mol. The highest BCUT2D eigenvalue weighted by Gasteiger charge is 2.31. The monoisotopic (exact) mass is 347 g/mol. The molecule has 0 saturated carbocycles. The average Bonchev–Trinajstić information content (AvgIpc) is 3.06. The number of benzene rings is 1. The van der Waals surface area contributed by atoms with Gasteiger partial charge in [-0.05, 0) is 37.1 Å². The molecule has 2 aliphatic rings. The minimum atomic E-state index is -0.849. The number of carboxylic acids is 1. The first-order valence-corrected chi connectivity index (χ1v) is 8.77. The van der Waals surface area contributed by atoms with E-state index in [1.807, 2.05) is 24.3 Å². The van der Waals surface area contributed by atoms with Crippen LogP contribution in [0.25, 0.3) is 0 Å². The smallest absolute Gasteiger partial charge is 0.320 e. The molecule has 1 aromatic carbocycles. The standard InChI is InChI=1S/C18H25N3O4/c22-17(13-21-7-1-2-16(21)18(23)24)19-15-5-3-14(4-6-15)12-20-8-10-25-11-9-20/h3-6,16H,1-2,7-13H2,(H,19,22)(H,23,24)/t16-/m0/s1. The second-order valence-electron chi connectivity index (χ2n) is 6.60. The van der Waals surface area contributed by atoms with Gasteiger partial charge in [0.25, 0.3) is 0 Å². The number of anilines is 1. The highest BCUT2D eigenvalue weighted by molar-refractivity contribution is 5.92. The van der Waals surface area contributed by atoms with Gasteiger partial charge in [0.15, 0.2) is 0 Å². The molecule has 0 unspecified atom stereocenters. The molecule has 1 aromatic rings. The Morgan fingerprint density at radius 2 is 1.88 bits per heavy atom. The highest BCUT2D eigenvalue weighted by Crippen LogP contribution is 2.17. The number of ether oxygens (including phenoxy) is 1. The van der Waals surface area contributed by atoms with Crippen molar-refractivity contribution in [1.29, 1.82) is 0 Å². The van der Waals surface area contributed by atoms with E-state index in [9.17, 15) is 9.59 Å². The fourth-order valence-electron chi connectivity index (χ4n) is 3.39. The van der Waals surface area contributed by atoms with Gasteiger partial charge in [0.05, 0.1) is 19.8 Å². The Morgan fingerprint density at radius 3 is 2.56 bits per heavy atom. The fourth-order valence-corrected chi connectivity index (χ4v) is 3.39. The Bertz CT molecular complexity index is 599. The van der Waals surface area contributed by atoms with Crippen LogP contribution in [0.1, 0.15) is 18.4 Å². The summed E-state index contributed by atoms with van der Waals surface area (Å²) in [4.78, 5) is 27.4. The fraction of sp³-hybridized carbons (Fsp3) is 0.556. The zero-order valence-corrected chi connectivity index (χ0v) is 14.3. The molecule has 1 amide bonds. The third-order valence-electron chi connectivity index (χ3n) is 4.74. The molecule has 7 nitrogen and oxygen atoms in total. The summed E-state index contributed by atoms with van der Waals surface area (Å²) in [6.07, 6.45) is 1.43. The summed E-state index contributed by atoms with van der Waals surface area (Å²) < 4.78 is 5.35. The van der Waals surface area contributed by atoms with Crippen molar-refractivity contribution in [3.05, 3.63) is 29.8 Å². The van der Waals surface area contributed by atoms with Crippen molar-refractivity contribution in [1.82, 2.24) is 9.80 Å². The average molecular weight is 347 g/mol. The van der Waals surface area contributed by atoms with E-state index in [-0.39, 0.29) is 12.5 Å². The van der Waals surface area contributed by atoms with Crippen LogP contribution in [-0.4, -0.2) is 72.2 Å². The van der Waals surface area contributed by atoms with E-state index < -0.39 is 12.0 Å². The van der Waals surface area contributed by atoms with Gasteiger partial charge in [-0.25, -0.2) is 0 Å². The molecular formula is C18H25N3O4. The van der Waals surface area contributed by atoms with Gasteiger partial charge in [0.1, 0.15) is 6.04 Å². The minimum absolute atomic E-state index is 0.118. The summed E-state index contributed by atoms with van der Waals surface area (Å²) in [6.45, 7) is 5.10. The molecule has 2 fully saturated rings. The van der Waals surface area contributed by atoms with Crippen molar-refractivity contribution in [2.24, 2.45) is 0 Å². The van der Waals surface area contributed by atoms with Gasteiger partial charge in [0, 0.05) is 25.3 Å². The van der Waals surface area contributed by atoms with E-state index in [1.54, 1.807) is 4.90 Å². The third kappa shape index (κ3) is 5.01. The summed E-state index contributed by atoms with van der Waals surface area (Å²) in [5.74, 6) is -1.02. The summed E-state index contributed by atoms with van der Waals surface area (Å²) in [5, 5.41) is 12.0. The minimum Gasteiger partial charge on any atom is -0.480 e. The highest BCUT2D eigenvalue weighted by atomic mass is 16.5. The molecular weight excluding hydrogens is 322 g/mol. The molecule has 0 spiro atoms. The lowest BCUT2D eigenvalue weighted by Crippen LogP contribution is -2.40. The SMILES string of the molecule is O=C(CN1CCC[C@H]1C(=O)O)Nc1ccc(CN2CCOCC2)cc1. The number of carbonyl (C=O) groups is 2. The van der Waals surface area contributed by atoms with Gasteiger partial charge in [0.2, 0.25) is 5.91 Å². The quantitative estimate of drug-likeness (QED) is 0.799. The molecule has 1 atom stereocenters. The molecule has 7 heteroatoms. The zero-order chi connectivity index (χ0) is 17.6. The number of nitrogens with zero attached hydrogens (tertiary/aromatic N) is 2. The van der Waals surface area contributed by atoms with E-state index >= 15 is 0 Å². The molecule has 2 heterocycles. The van der Waals surface area contributed by atoms with Crippen molar-refractivity contribution in [2.45, 2.75) is 25.4 Å². The van der Waals surface area contributed by atoms with Gasteiger partial charge in [-0.1, -0.05) is 12.1 Å². The maximum absolute atomic E-state index is 12.2. The Labute approximate surface area is 147 Å². The lowest BCUT2D eigenvalue weighted by molar-refractivity contribution is -0.142. The van der Waals surface area contributed by atoms with Crippen LogP contribution in [0.5, 0.6) is 0 Å². The predicted octanol–water partition coefficient (Wildman–Crippen LogP) is 1.01.